The molecule has 1 aromatic rings. The van der Waals surface area contributed by atoms with Crippen LogP contribution in [0.25, 0.3) is 0 Å². The Balaban J connectivity index is 1.98. The number of amides is 4. The van der Waals surface area contributed by atoms with Crippen molar-refractivity contribution in [3.8, 4) is 11.5 Å². The summed E-state index contributed by atoms with van der Waals surface area (Å²) in [7, 11) is 3.01. The summed E-state index contributed by atoms with van der Waals surface area (Å²) in [5.74, 6) is 0.906. The number of nitrogens with zero attached hydrogens (tertiary/aromatic N) is 1. The summed E-state index contributed by atoms with van der Waals surface area (Å²) in [6.07, 6.45) is 2.47. The van der Waals surface area contributed by atoms with Gasteiger partial charge in [0.1, 0.15) is 12.6 Å². The van der Waals surface area contributed by atoms with Gasteiger partial charge in [0.2, 0.25) is 5.91 Å². The van der Waals surface area contributed by atoms with Crippen LogP contribution >= 0.6 is 11.8 Å². The molecule has 4 amide bonds. The minimum atomic E-state index is -0.561. The number of thioether (sulfide) groups is 1. The largest absolute Gasteiger partial charge is 0.493 e. The van der Waals surface area contributed by atoms with Gasteiger partial charge >= 0.3 is 6.03 Å². The van der Waals surface area contributed by atoms with E-state index in [1.807, 2.05) is 6.26 Å². The average molecular weight is 367 g/mol. The van der Waals surface area contributed by atoms with Crippen LogP contribution in [0.4, 0.5) is 10.5 Å². The first kappa shape index (κ1) is 18.9. The monoisotopic (exact) mass is 367 g/mol. The lowest BCUT2D eigenvalue weighted by Gasteiger charge is -2.14. The van der Waals surface area contributed by atoms with Crippen molar-refractivity contribution in [2.45, 2.75) is 12.5 Å². The van der Waals surface area contributed by atoms with Gasteiger partial charge in [-0.15, -0.1) is 0 Å². The normalized spacial score (nSPS) is 16.6. The minimum absolute atomic E-state index is 0.339. The first-order valence-electron chi connectivity index (χ1n) is 7.62. The molecule has 0 saturated carbocycles. The van der Waals surface area contributed by atoms with E-state index in [0.717, 1.165) is 10.7 Å². The maximum Gasteiger partial charge on any atom is 0.325 e. The Kier molecular flexibility index (Phi) is 6.51. The molecule has 2 rings (SSSR count). The topological polar surface area (TPSA) is 97.0 Å². The van der Waals surface area contributed by atoms with Gasteiger partial charge in [-0.3, -0.25) is 14.5 Å². The maximum atomic E-state index is 12.2. The van der Waals surface area contributed by atoms with Crippen LogP contribution in [0.1, 0.15) is 6.42 Å². The molecular formula is C16H21N3O5S. The molecule has 0 spiro atoms. The van der Waals surface area contributed by atoms with Gasteiger partial charge in [-0.1, -0.05) is 0 Å². The molecule has 0 radical (unpaired) electrons. The van der Waals surface area contributed by atoms with Crippen molar-refractivity contribution in [1.82, 2.24) is 10.2 Å². The summed E-state index contributed by atoms with van der Waals surface area (Å²) < 4.78 is 10.3. The molecule has 9 heteroatoms. The van der Waals surface area contributed by atoms with Crippen molar-refractivity contribution in [2.75, 3.05) is 38.1 Å². The number of benzene rings is 1. The highest BCUT2D eigenvalue weighted by atomic mass is 32.2. The van der Waals surface area contributed by atoms with Crippen molar-refractivity contribution in [1.29, 1.82) is 0 Å². The molecule has 2 N–H and O–H groups in total. The summed E-state index contributed by atoms with van der Waals surface area (Å²) in [6.45, 7) is -0.339. The number of anilines is 1. The third-order valence-corrected chi connectivity index (χ3v) is 4.33. The van der Waals surface area contributed by atoms with Crippen molar-refractivity contribution in [2.24, 2.45) is 0 Å². The highest BCUT2D eigenvalue weighted by molar-refractivity contribution is 7.98. The lowest BCUT2D eigenvalue weighted by Crippen LogP contribution is -2.38. The number of ether oxygens (including phenoxy) is 2. The van der Waals surface area contributed by atoms with E-state index < -0.39 is 18.0 Å². The van der Waals surface area contributed by atoms with Gasteiger partial charge in [-0.05, 0) is 30.6 Å². The molecule has 1 fully saturated rings. The standard InChI is InChI=1S/C16H21N3O5S/c1-23-12-5-4-10(8-13(12)24-2)17-14(20)9-19-15(21)11(6-7-25-3)18-16(19)22/h4-5,8,11H,6-7,9H2,1-3H3,(H,17,20)(H,18,22)/t11-/m0/s1. The number of urea groups is 1. The van der Waals surface area contributed by atoms with Gasteiger partial charge in [-0.2, -0.15) is 11.8 Å². The Hall–Kier alpha value is -2.42. The second-order valence-corrected chi connectivity index (χ2v) is 6.31. The number of rotatable bonds is 8. The molecular weight excluding hydrogens is 346 g/mol. The van der Waals surface area contributed by atoms with Gasteiger partial charge in [0.15, 0.2) is 11.5 Å². The molecule has 0 aromatic heterocycles. The van der Waals surface area contributed by atoms with Crippen LogP contribution in [0.3, 0.4) is 0 Å². The molecule has 1 heterocycles. The Morgan fingerprint density at radius 3 is 2.64 bits per heavy atom. The summed E-state index contributed by atoms with van der Waals surface area (Å²) in [4.78, 5) is 37.2. The zero-order valence-corrected chi connectivity index (χ0v) is 15.1. The Bertz CT molecular complexity index is 667. The van der Waals surface area contributed by atoms with Crippen LogP contribution in [-0.4, -0.2) is 61.6 Å². The number of methoxy groups -OCH3 is 2. The number of imide groups is 1. The third-order valence-electron chi connectivity index (χ3n) is 3.69. The van der Waals surface area contributed by atoms with Crippen LogP contribution in [0.2, 0.25) is 0 Å². The highest BCUT2D eigenvalue weighted by Gasteiger charge is 2.38. The van der Waals surface area contributed by atoms with E-state index in [-0.39, 0.29) is 12.5 Å². The van der Waals surface area contributed by atoms with Crippen molar-refractivity contribution < 1.29 is 23.9 Å². The first-order chi connectivity index (χ1) is 12.0. The van der Waals surface area contributed by atoms with Gasteiger partial charge in [0, 0.05) is 11.8 Å². The molecule has 25 heavy (non-hydrogen) atoms. The van der Waals surface area contributed by atoms with Crippen LogP contribution in [-0.2, 0) is 9.59 Å². The van der Waals surface area contributed by atoms with Crippen molar-refractivity contribution >= 4 is 35.3 Å². The smallest absolute Gasteiger partial charge is 0.325 e. The van der Waals surface area contributed by atoms with Crippen LogP contribution < -0.4 is 20.1 Å². The summed E-state index contributed by atoms with van der Waals surface area (Å²) in [5.41, 5.74) is 0.480. The second kappa shape index (κ2) is 8.61. The number of hydrogen-bond donors (Lipinski definition) is 2. The molecule has 136 valence electrons. The summed E-state index contributed by atoms with van der Waals surface area (Å²) in [6, 6.07) is 3.80. The molecule has 0 unspecified atom stereocenters. The first-order valence-corrected chi connectivity index (χ1v) is 9.02. The minimum Gasteiger partial charge on any atom is -0.493 e. The molecule has 1 saturated heterocycles. The zero-order chi connectivity index (χ0) is 18.4. The Morgan fingerprint density at radius 1 is 1.28 bits per heavy atom. The van der Waals surface area contributed by atoms with Crippen molar-refractivity contribution in [3.05, 3.63) is 18.2 Å². The van der Waals surface area contributed by atoms with E-state index in [0.29, 0.717) is 23.6 Å². The predicted molar refractivity (Wildman–Crippen MR) is 95.2 cm³/mol. The lowest BCUT2D eigenvalue weighted by atomic mass is 10.2. The van der Waals surface area contributed by atoms with E-state index in [1.54, 1.807) is 30.0 Å². The van der Waals surface area contributed by atoms with Gasteiger partial charge < -0.3 is 20.1 Å². The van der Waals surface area contributed by atoms with E-state index in [4.69, 9.17) is 9.47 Å². The lowest BCUT2D eigenvalue weighted by molar-refractivity contribution is -0.130. The van der Waals surface area contributed by atoms with E-state index in [9.17, 15) is 14.4 Å². The Labute approximate surface area is 150 Å². The summed E-state index contributed by atoms with van der Waals surface area (Å²) >= 11 is 1.59. The number of carbonyl (C=O) groups is 3. The fourth-order valence-corrected chi connectivity index (χ4v) is 2.89. The van der Waals surface area contributed by atoms with E-state index in [1.165, 1.54) is 14.2 Å². The molecule has 1 aromatic carbocycles. The quantitative estimate of drug-likeness (QED) is 0.673. The van der Waals surface area contributed by atoms with E-state index in [2.05, 4.69) is 10.6 Å². The number of nitrogens with one attached hydrogen (secondary N) is 2. The van der Waals surface area contributed by atoms with Gasteiger partial charge in [-0.25, -0.2) is 4.79 Å². The number of carbonyl (C=O) groups excluding carboxylic acids is 3. The maximum absolute atomic E-state index is 12.2. The average Bonchev–Trinajstić information content (AvgIpc) is 2.87. The van der Waals surface area contributed by atoms with Gasteiger partial charge in [0.05, 0.1) is 14.2 Å². The Morgan fingerprint density at radius 2 is 2.00 bits per heavy atom. The fraction of sp³-hybridized carbons (Fsp3) is 0.438. The highest BCUT2D eigenvalue weighted by Crippen LogP contribution is 2.29. The predicted octanol–water partition coefficient (Wildman–Crippen LogP) is 1.32. The van der Waals surface area contributed by atoms with Crippen LogP contribution in [0.5, 0.6) is 11.5 Å². The van der Waals surface area contributed by atoms with Crippen LogP contribution in [0.15, 0.2) is 18.2 Å². The molecule has 1 aliphatic rings. The molecule has 1 aliphatic heterocycles. The molecule has 0 bridgehead atoms. The second-order valence-electron chi connectivity index (χ2n) is 5.33. The molecule has 0 aliphatic carbocycles. The van der Waals surface area contributed by atoms with E-state index >= 15 is 0 Å². The fourth-order valence-electron chi connectivity index (χ4n) is 2.42. The third kappa shape index (κ3) is 4.56. The molecule has 1 atom stereocenters. The SMILES string of the molecule is COc1ccc(NC(=O)CN2C(=O)N[C@@H](CCSC)C2=O)cc1OC. The number of hydrogen-bond acceptors (Lipinski definition) is 6. The van der Waals surface area contributed by atoms with Crippen LogP contribution in [0, 0.1) is 0 Å². The van der Waals surface area contributed by atoms with Crippen molar-refractivity contribution in [3.63, 3.8) is 0 Å². The zero-order valence-electron chi connectivity index (χ0n) is 14.3. The summed E-state index contributed by atoms with van der Waals surface area (Å²) in [5, 5.41) is 5.24. The molecule has 8 nitrogen and oxygen atoms in total. The van der Waals surface area contributed by atoms with Gasteiger partial charge in [0.25, 0.3) is 5.91 Å².